The maximum atomic E-state index is 5.49. The van der Waals surface area contributed by atoms with Gasteiger partial charge in [-0.3, -0.25) is 0 Å². The van der Waals surface area contributed by atoms with E-state index in [1.165, 1.54) is 4.88 Å². The first-order chi connectivity index (χ1) is 8.97. The van der Waals surface area contributed by atoms with Crippen LogP contribution in [0.5, 0.6) is 0 Å². The highest BCUT2D eigenvalue weighted by atomic mass is 32.1. The summed E-state index contributed by atoms with van der Waals surface area (Å²) >= 11 is 1.69. The molecule has 0 aliphatic heterocycles. The zero-order valence-electron chi connectivity index (χ0n) is 12.2. The van der Waals surface area contributed by atoms with Crippen molar-refractivity contribution in [1.29, 1.82) is 0 Å². The number of hydrogen-bond donors (Lipinski definition) is 1. The first-order valence-corrected chi connectivity index (χ1v) is 7.37. The lowest BCUT2D eigenvalue weighted by atomic mass is 10.1. The number of aromatic nitrogens is 2. The number of rotatable bonds is 5. The minimum atomic E-state index is -0.477. The summed E-state index contributed by atoms with van der Waals surface area (Å²) in [4.78, 5) is 11.6. The number of thiophene rings is 1. The van der Waals surface area contributed by atoms with Gasteiger partial charge >= 0.3 is 0 Å². The van der Waals surface area contributed by atoms with Gasteiger partial charge in [0.05, 0.1) is 5.39 Å². The van der Waals surface area contributed by atoms with E-state index in [9.17, 15) is 0 Å². The molecule has 2 aromatic rings. The second kappa shape index (κ2) is 5.43. The molecule has 1 N–H and O–H groups in total. The van der Waals surface area contributed by atoms with Crippen molar-refractivity contribution in [3.05, 3.63) is 16.8 Å². The lowest BCUT2D eigenvalue weighted by Crippen LogP contribution is -2.23. The zero-order valence-corrected chi connectivity index (χ0v) is 13.0. The van der Waals surface area contributed by atoms with Crippen molar-refractivity contribution >= 4 is 27.4 Å². The van der Waals surface area contributed by atoms with Crippen LogP contribution in [0.1, 0.15) is 37.9 Å². The average molecular weight is 279 g/mol. The minimum absolute atomic E-state index is 0.477. The Morgan fingerprint density at radius 2 is 2.11 bits per heavy atom. The molecule has 0 aliphatic carbocycles. The summed E-state index contributed by atoms with van der Waals surface area (Å²) in [6, 6.07) is 2.14. The van der Waals surface area contributed by atoms with Crippen molar-refractivity contribution in [2.24, 2.45) is 0 Å². The number of fused-ring (bicyclic) bond motifs is 1. The number of aryl methyl sites for hydroxylation is 1. The number of anilines is 1. The molecule has 4 nitrogen and oxygen atoms in total. The fraction of sp³-hybridized carbons (Fsp3) is 0.571. The summed E-state index contributed by atoms with van der Waals surface area (Å²) in [5.74, 6) is 1.64. The third-order valence-electron chi connectivity index (χ3n) is 3.11. The summed E-state index contributed by atoms with van der Waals surface area (Å²) in [5.41, 5.74) is -0.477. The Bertz CT molecular complexity index is 577. The fourth-order valence-corrected chi connectivity index (χ4v) is 2.66. The van der Waals surface area contributed by atoms with Gasteiger partial charge in [0.25, 0.3) is 0 Å². The zero-order chi connectivity index (χ0) is 14.0. The molecule has 0 fully saturated rings. The molecule has 0 saturated heterocycles. The summed E-state index contributed by atoms with van der Waals surface area (Å²) in [6.45, 7) is 9.12. The molecule has 0 radical (unpaired) electrons. The van der Waals surface area contributed by atoms with Gasteiger partial charge in [-0.15, -0.1) is 11.3 Å². The molecule has 0 saturated carbocycles. The highest BCUT2D eigenvalue weighted by Crippen LogP contribution is 2.31. The quantitative estimate of drug-likeness (QED) is 0.906. The first-order valence-electron chi connectivity index (χ1n) is 6.55. The second-order valence-corrected chi connectivity index (χ2v) is 6.35. The Morgan fingerprint density at radius 3 is 2.74 bits per heavy atom. The van der Waals surface area contributed by atoms with Crippen LogP contribution in [0.2, 0.25) is 0 Å². The van der Waals surface area contributed by atoms with Crippen LogP contribution in [0.4, 0.5) is 5.82 Å². The van der Waals surface area contributed by atoms with Crippen molar-refractivity contribution in [2.45, 2.75) is 39.7 Å². The highest BCUT2D eigenvalue weighted by Gasteiger charge is 2.25. The lowest BCUT2D eigenvalue weighted by Gasteiger charge is -2.21. The van der Waals surface area contributed by atoms with Crippen LogP contribution >= 0.6 is 11.3 Å². The van der Waals surface area contributed by atoms with E-state index in [1.54, 1.807) is 18.4 Å². The molecule has 2 heterocycles. The Morgan fingerprint density at radius 1 is 1.37 bits per heavy atom. The normalized spacial score (nSPS) is 12.1. The Balaban J connectivity index is 2.55. The lowest BCUT2D eigenvalue weighted by molar-refractivity contribution is 0.0119. The summed E-state index contributed by atoms with van der Waals surface area (Å²) in [6.07, 6.45) is 1.07. The van der Waals surface area contributed by atoms with E-state index in [0.29, 0.717) is 0 Å². The molecule has 0 aromatic carbocycles. The van der Waals surface area contributed by atoms with Gasteiger partial charge in [-0.05, 0) is 33.3 Å². The number of methoxy groups -OCH3 is 1. The third-order valence-corrected chi connectivity index (χ3v) is 4.05. The standard InChI is InChI=1S/C14H21N3OS/c1-6-7-15-11-10-8-9(2)19-12(10)17-13(16-11)14(3,4)18-5/h8H,6-7H2,1-5H3,(H,15,16,17). The van der Waals surface area contributed by atoms with Crippen molar-refractivity contribution in [3.63, 3.8) is 0 Å². The Kier molecular flexibility index (Phi) is 4.06. The minimum Gasteiger partial charge on any atom is -0.371 e. The van der Waals surface area contributed by atoms with Gasteiger partial charge in [0, 0.05) is 18.5 Å². The van der Waals surface area contributed by atoms with Crippen LogP contribution in [0.3, 0.4) is 0 Å². The first kappa shape index (κ1) is 14.2. The van der Waals surface area contributed by atoms with Crippen molar-refractivity contribution in [3.8, 4) is 0 Å². The third kappa shape index (κ3) is 2.87. The van der Waals surface area contributed by atoms with Gasteiger partial charge in [-0.25, -0.2) is 9.97 Å². The maximum Gasteiger partial charge on any atom is 0.163 e. The predicted octanol–water partition coefficient (Wildman–Crippen LogP) is 3.70. The summed E-state index contributed by atoms with van der Waals surface area (Å²) in [5, 5.41) is 4.49. The van der Waals surface area contributed by atoms with Gasteiger partial charge < -0.3 is 10.1 Å². The molecule has 2 rings (SSSR count). The van der Waals surface area contributed by atoms with Crippen LogP contribution in [-0.4, -0.2) is 23.6 Å². The number of hydrogen-bond acceptors (Lipinski definition) is 5. The summed E-state index contributed by atoms with van der Waals surface area (Å²) < 4.78 is 5.49. The van der Waals surface area contributed by atoms with Crippen LogP contribution in [0.25, 0.3) is 10.2 Å². The second-order valence-electron chi connectivity index (χ2n) is 5.11. The molecule has 0 bridgehead atoms. The monoisotopic (exact) mass is 279 g/mol. The molecule has 2 aromatic heterocycles. The average Bonchev–Trinajstić information content (AvgIpc) is 2.76. The largest absolute Gasteiger partial charge is 0.371 e. The van der Waals surface area contributed by atoms with Crippen molar-refractivity contribution < 1.29 is 4.74 Å². The van der Waals surface area contributed by atoms with Gasteiger partial charge in [0.1, 0.15) is 16.2 Å². The molecule has 0 atom stereocenters. The molecule has 19 heavy (non-hydrogen) atoms. The Hall–Kier alpha value is -1.20. The van der Waals surface area contributed by atoms with Gasteiger partial charge in [-0.2, -0.15) is 0 Å². The molecule has 0 amide bonds. The molecule has 0 aliphatic rings. The van der Waals surface area contributed by atoms with Crippen LogP contribution in [-0.2, 0) is 10.3 Å². The van der Waals surface area contributed by atoms with E-state index in [2.05, 4.69) is 35.2 Å². The van der Waals surface area contributed by atoms with E-state index < -0.39 is 5.60 Å². The predicted molar refractivity (Wildman–Crippen MR) is 81.0 cm³/mol. The van der Waals surface area contributed by atoms with E-state index in [4.69, 9.17) is 4.74 Å². The van der Waals surface area contributed by atoms with Gasteiger partial charge in [0.15, 0.2) is 5.82 Å². The molecule has 5 heteroatoms. The number of nitrogens with zero attached hydrogens (tertiary/aromatic N) is 2. The topological polar surface area (TPSA) is 47.0 Å². The smallest absolute Gasteiger partial charge is 0.163 e. The Labute approximate surface area is 118 Å². The van der Waals surface area contributed by atoms with Crippen LogP contribution < -0.4 is 5.32 Å². The van der Waals surface area contributed by atoms with Crippen molar-refractivity contribution in [1.82, 2.24) is 9.97 Å². The molecule has 0 unspecified atom stereocenters. The SMILES string of the molecule is CCCNc1nc(C(C)(C)OC)nc2sc(C)cc12. The molecular weight excluding hydrogens is 258 g/mol. The maximum absolute atomic E-state index is 5.49. The molecular formula is C14H21N3OS. The molecule has 0 spiro atoms. The molecule has 104 valence electrons. The number of ether oxygens (including phenoxy) is 1. The van der Waals surface area contributed by atoms with Gasteiger partial charge in [0.2, 0.25) is 0 Å². The van der Waals surface area contributed by atoms with E-state index in [-0.39, 0.29) is 0 Å². The van der Waals surface area contributed by atoms with E-state index >= 15 is 0 Å². The fourth-order valence-electron chi connectivity index (χ4n) is 1.78. The number of nitrogens with one attached hydrogen (secondary N) is 1. The van der Waals surface area contributed by atoms with Crippen LogP contribution in [0.15, 0.2) is 6.07 Å². The van der Waals surface area contributed by atoms with Gasteiger partial charge in [-0.1, -0.05) is 6.92 Å². The van der Waals surface area contributed by atoms with E-state index in [0.717, 1.165) is 34.8 Å². The van der Waals surface area contributed by atoms with Crippen LogP contribution in [0, 0.1) is 6.92 Å². The van der Waals surface area contributed by atoms with E-state index in [1.807, 2.05) is 13.8 Å². The summed E-state index contributed by atoms with van der Waals surface area (Å²) in [7, 11) is 1.69. The van der Waals surface area contributed by atoms with Crippen molar-refractivity contribution in [2.75, 3.05) is 19.0 Å². The highest BCUT2D eigenvalue weighted by molar-refractivity contribution is 7.18.